The number of halogens is 1. The van der Waals surface area contributed by atoms with E-state index in [0.29, 0.717) is 0 Å². The molecule has 0 saturated carbocycles. The highest BCUT2D eigenvalue weighted by Gasteiger charge is 1.98. The van der Waals surface area contributed by atoms with Crippen LogP contribution < -0.4 is 5.32 Å². The second-order valence-corrected chi connectivity index (χ2v) is 4.24. The quantitative estimate of drug-likeness (QED) is 0.918. The molecule has 15 heavy (non-hydrogen) atoms. The van der Waals surface area contributed by atoms with Crippen LogP contribution in [-0.2, 0) is 13.1 Å². The molecule has 2 rings (SSSR count). The minimum atomic E-state index is 0.750. The first-order valence-corrected chi connectivity index (χ1v) is 5.61. The number of furan rings is 1. The van der Waals surface area contributed by atoms with Gasteiger partial charge < -0.3 is 9.73 Å². The van der Waals surface area contributed by atoms with Crippen LogP contribution in [0.25, 0.3) is 0 Å². The monoisotopic (exact) mass is 265 g/mol. The molecule has 1 heterocycles. The Balaban J connectivity index is 1.80. The fraction of sp³-hybridized carbons (Fsp3) is 0.167. The summed E-state index contributed by atoms with van der Waals surface area (Å²) in [6.07, 6.45) is 1.69. The first-order chi connectivity index (χ1) is 7.34. The van der Waals surface area contributed by atoms with Gasteiger partial charge in [0.15, 0.2) is 0 Å². The fourth-order valence-corrected chi connectivity index (χ4v) is 1.72. The van der Waals surface area contributed by atoms with E-state index in [0.717, 1.165) is 23.3 Å². The lowest BCUT2D eigenvalue weighted by Gasteiger charge is -2.01. The van der Waals surface area contributed by atoms with Crippen LogP contribution in [0.3, 0.4) is 0 Å². The van der Waals surface area contributed by atoms with Crippen molar-refractivity contribution in [3.05, 3.63) is 58.5 Å². The van der Waals surface area contributed by atoms with Crippen LogP contribution in [0, 0.1) is 0 Å². The fourth-order valence-electron chi connectivity index (χ4n) is 1.37. The van der Waals surface area contributed by atoms with Crippen LogP contribution in [0.15, 0.2) is 51.6 Å². The molecule has 0 saturated heterocycles. The van der Waals surface area contributed by atoms with Gasteiger partial charge in [0.05, 0.1) is 11.0 Å². The number of rotatable bonds is 4. The van der Waals surface area contributed by atoms with Crippen LogP contribution >= 0.6 is 15.9 Å². The van der Waals surface area contributed by atoms with Gasteiger partial charge in [-0.1, -0.05) is 30.3 Å². The van der Waals surface area contributed by atoms with Gasteiger partial charge in [-0.2, -0.15) is 0 Å². The van der Waals surface area contributed by atoms with E-state index in [1.54, 1.807) is 6.26 Å². The zero-order valence-corrected chi connectivity index (χ0v) is 9.83. The van der Waals surface area contributed by atoms with Gasteiger partial charge >= 0.3 is 0 Å². The molecular formula is C12H12BrNO. The molecule has 0 amide bonds. The van der Waals surface area contributed by atoms with Gasteiger partial charge in [0.25, 0.3) is 0 Å². The van der Waals surface area contributed by atoms with Crippen molar-refractivity contribution >= 4 is 15.9 Å². The first-order valence-electron chi connectivity index (χ1n) is 4.82. The maximum absolute atomic E-state index is 5.29. The third-order valence-electron chi connectivity index (χ3n) is 2.09. The summed E-state index contributed by atoms with van der Waals surface area (Å²) < 4.78 is 6.28. The summed E-state index contributed by atoms with van der Waals surface area (Å²) in [4.78, 5) is 0. The standard InChI is InChI=1S/C12H12BrNO/c13-11-6-12(15-9-11)8-14-7-10-4-2-1-3-5-10/h1-6,9,14H,7-8H2. The summed E-state index contributed by atoms with van der Waals surface area (Å²) in [5.41, 5.74) is 1.28. The molecule has 0 spiro atoms. The summed E-state index contributed by atoms with van der Waals surface area (Å²) in [7, 11) is 0. The molecule has 0 aliphatic heterocycles. The lowest BCUT2D eigenvalue weighted by atomic mass is 10.2. The molecule has 0 aliphatic carbocycles. The van der Waals surface area contributed by atoms with Gasteiger partial charge in [-0.15, -0.1) is 0 Å². The van der Waals surface area contributed by atoms with Gasteiger partial charge in [0, 0.05) is 6.54 Å². The topological polar surface area (TPSA) is 25.2 Å². The SMILES string of the molecule is Brc1coc(CNCc2ccccc2)c1. The van der Waals surface area contributed by atoms with Crippen molar-refractivity contribution < 1.29 is 4.42 Å². The average molecular weight is 266 g/mol. The Bertz CT molecular complexity index is 411. The minimum absolute atomic E-state index is 0.750. The maximum atomic E-state index is 5.29. The third-order valence-corrected chi connectivity index (χ3v) is 2.51. The summed E-state index contributed by atoms with van der Waals surface area (Å²) in [5.74, 6) is 0.942. The molecule has 3 heteroatoms. The summed E-state index contributed by atoms with van der Waals surface area (Å²) in [6.45, 7) is 1.61. The third kappa shape index (κ3) is 3.22. The lowest BCUT2D eigenvalue weighted by molar-refractivity contribution is 0.482. The molecule has 1 aromatic heterocycles. The van der Waals surface area contributed by atoms with Crippen LogP contribution in [0.2, 0.25) is 0 Å². The summed E-state index contributed by atoms with van der Waals surface area (Å²) in [6, 6.07) is 12.3. The van der Waals surface area contributed by atoms with Crippen molar-refractivity contribution in [3.63, 3.8) is 0 Å². The van der Waals surface area contributed by atoms with Crippen molar-refractivity contribution in [3.8, 4) is 0 Å². The molecule has 0 atom stereocenters. The summed E-state index contributed by atoms with van der Waals surface area (Å²) in [5, 5.41) is 3.32. The Morgan fingerprint density at radius 1 is 1.13 bits per heavy atom. The molecule has 0 radical (unpaired) electrons. The normalized spacial score (nSPS) is 10.5. The lowest BCUT2D eigenvalue weighted by Crippen LogP contribution is -2.11. The van der Waals surface area contributed by atoms with E-state index >= 15 is 0 Å². The zero-order chi connectivity index (χ0) is 10.5. The molecule has 1 N–H and O–H groups in total. The second kappa shape index (κ2) is 5.14. The smallest absolute Gasteiger partial charge is 0.118 e. The van der Waals surface area contributed by atoms with Gasteiger partial charge in [0.2, 0.25) is 0 Å². The Morgan fingerprint density at radius 3 is 2.60 bits per heavy atom. The van der Waals surface area contributed by atoms with Crippen molar-refractivity contribution in [2.24, 2.45) is 0 Å². The highest BCUT2D eigenvalue weighted by atomic mass is 79.9. The van der Waals surface area contributed by atoms with Gasteiger partial charge in [0.1, 0.15) is 12.0 Å². The molecule has 1 aromatic carbocycles. The molecule has 0 unspecified atom stereocenters. The Labute approximate surface area is 97.4 Å². The molecule has 2 aromatic rings. The first kappa shape index (κ1) is 10.5. The zero-order valence-electron chi connectivity index (χ0n) is 8.24. The largest absolute Gasteiger partial charge is 0.467 e. The van der Waals surface area contributed by atoms with Crippen LogP contribution in [0.5, 0.6) is 0 Å². The molecular weight excluding hydrogens is 254 g/mol. The van der Waals surface area contributed by atoms with Gasteiger partial charge in [-0.25, -0.2) is 0 Å². The van der Waals surface area contributed by atoms with E-state index in [2.05, 4.69) is 33.4 Å². The van der Waals surface area contributed by atoms with E-state index in [-0.39, 0.29) is 0 Å². The molecule has 0 fully saturated rings. The van der Waals surface area contributed by atoms with E-state index in [9.17, 15) is 0 Å². The minimum Gasteiger partial charge on any atom is -0.467 e. The Kier molecular flexibility index (Phi) is 3.59. The maximum Gasteiger partial charge on any atom is 0.118 e. The highest BCUT2D eigenvalue weighted by molar-refractivity contribution is 9.10. The van der Waals surface area contributed by atoms with Crippen LogP contribution in [0.4, 0.5) is 0 Å². The molecule has 78 valence electrons. The summed E-state index contributed by atoms with van der Waals surface area (Å²) >= 11 is 3.35. The number of hydrogen-bond acceptors (Lipinski definition) is 2. The van der Waals surface area contributed by atoms with Crippen molar-refractivity contribution in [1.82, 2.24) is 5.32 Å². The van der Waals surface area contributed by atoms with Gasteiger partial charge in [-0.3, -0.25) is 0 Å². The van der Waals surface area contributed by atoms with Crippen molar-refractivity contribution in [2.75, 3.05) is 0 Å². The molecule has 0 aliphatic rings. The Hall–Kier alpha value is -1.06. The van der Waals surface area contributed by atoms with E-state index in [4.69, 9.17) is 4.42 Å². The average Bonchev–Trinajstić information content (AvgIpc) is 2.66. The predicted octanol–water partition coefficient (Wildman–Crippen LogP) is 3.33. The van der Waals surface area contributed by atoms with E-state index in [1.165, 1.54) is 5.56 Å². The van der Waals surface area contributed by atoms with Gasteiger partial charge in [-0.05, 0) is 27.6 Å². The van der Waals surface area contributed by atoms with Crippen molar-refractivity contribution in [1.29, 1.82) is 0 Å². The second-order valence-electron chi connectivity index (χ2n) is 3.32. The Morgan fingerprint density at radius 2 is 1.93 bits per heavy atom. The molecule has 2 nitrogen and oxygen atoms in total. The van der Waals surface area contributed by atoms with E-state index in [1.807, 2.05) is 24.3 Å². The van der Waals surface area contributed by atoms with Crippen molar-refractivity contribution in [2.45, 2.75) is 13.1 Å². The molecule has 0 bridgehead atoms. The number of hydrogen-bond donors (Lipinski definition) is 1. The van der Waals surface area contributed by atoms with Crippen LogP contribution in [0.1, 0.15) is 11.3 Å². The van der Waals surface area contributed by atoms with Crippen LogP contribution in [-0.4, -0.2) is 0 Å². The number of benzene rings is 1. The number of nitrogens with one attached hydrogen (secondary N) is 1. The van der Waals surface area contributed by atoms with E-state index < -0.39 is 0 Å². The highest BCUT2D eigenvalue weighted by Crippen LogP contribution is 2.13. The predicted molar refractivity (Wildman–Crippen MR) is 63.4 cm³/mol.